The molecule has 15 heteroatoms. The van der Waals surface area contributed by atoms with E-state index in [-0.39, 0.29) is 34.2 Å². The van der Waals surface area contributed by atoms with Gasteiger partial charge in [0.15, 0.2) is 18.0 Å². The quantitative estimate of drug-likeness (QED) is 0.0798. The van der Waals surface area contributed by atoms with Gasteiger partial charge in [-0.05, 0) is 71.8 Å². The van der Waals surface area contributed by atoms with E-state index in [1.165, 1.54) is 72.8 Å². The fourth-order valence-corrected chi connectivity index (χ4v) is 5.46. The minimum absolute atomic E-state index is 0.000756. The first-order valence-electron chi connectivity index (χ1n) is 16.2. The lowest BCUT2D eigenvalue weighted by Crippen LogP contribution is -2.61. The third kappa shape index (κ3) is 8.45. The van der Waals surface area contributed by atoms with Gasteiger partial charge in [0.25, 0.3) is 0 Å². The Morgan fingerprint density at radius 3 is 1.85 bits per heavy atom. The number of esters is 2. The Hall–Kier alpha value is -6.81. The molecule has 0 spiro atoms. The summed E-state index contributed by atoms with van der Waals surface area (Å²) in [6.07, 6.45) is -4.24. The minimum Gasteiger partial charge on any atom is -0.508 e. The van der Waals surface area contributed by atoms with Gasteiger partial charge in [-0.3, -0.25) is 4.79 Å². The highest BCUT2D eigenvalue weighted by Crippen LogP contribution is 2.38. The normalized spacial score (nSPS) is 19.9. The van der Waals surface area contributed by atoms with Crippen LogP contribution in [0.5, 0.6) is 34.5 Å². The SMILES string of the molecule is O=C(/C=C\c1ccc(O)cc1)O[C@@H]1[C@@H](O)[C@H](Oc2c(-c3ccc(O)cc3)oc3cc(O)cc(O)c3c2=O)O[C@H](COC(=O)/C=C/c2ccc(O)cc2)[C@H]1O. The van der Waals surface area contributed by atoms with Crippen LogP contribution < -0.4 is 10.2 Å². The van der Waals surface area contributed by atoms with Gasteiger partial charge in [0, 0.05) is 29.8 Å². The maximum Gasteiger partial charge on any atom is 0.331 e. The highest BCUT2D eigenvalue weighted by atomic mass is 16.7. The van der Waals surface area contributed by atoms with Gasteiger partial charge in [-0.15, -0.1) is 0 Å². The number of fused-ring (bicyclic) bond motifs is 1. The van der Waals surface area contributed by atoms with Gasteiger partial charge in [0.05, 0.1) is 0 Å². The Morgan fingerprint density at radius 2 is 1.26 bits per heavy atom. The van der Waals surface area contributed by atoms with E-state index in [1.54, 1.807) is 12.1 Å². The molecule has 1 aliphatic heterocycles. The smallest absolute Gasteiger partial charge is 0.331 e. The van der Waals surface area contributed by atoms with Gasteiger partial charge < -0.3 is 59.1 Å². The Balaban J connectivity index is 1.32. The number of phenolic OH excluding ortho intramolecular Hbond substituents is 5. The lowest BCUT2D eigenvalue weighted by molar-refractivity contribution is -0.281. The molecule has 0 aliphatic carbocycles. The van der Waals surface area contributed by atoms with E-state index >= 15 is 0 Å². The number of aliphatic hydroxyl groups excluding tert-OH is 2. The second-order valence-electron chi connectivity index (χ2n) is 12.0. The average molecular weight is 741 g/mol. The van der Waals surface area contributed by atoms with Crippen molar-refractivity contribution in [1.29, 1.82) is 0 Å². The molecule has 5 aromatic rings. The zero-order chi connectivity index (χ0) is 38.5. The van der Waals surface area contributed by atoms with Crippen molar-refractivity contribution < 1.29 is 68.7 Å². The van der Waals surface area contributed by atoms with E-state index in [9.17, 15) is 50.1 Å². The van der Waals surface area contributed by atoms with E-state index in [1.807, 2.05) is 0 Å². The highest BCUT2D eigenvalue weighted by molar-refractivity contribution is 5.89. The molecular weight excluding hydrogens is 708 g/mol. The highest BCUT2D eigenvalue weighted by Gasteiger charge is 2.49. The zero-order valence-electron chi connectivity index (χ0n) is 27.9. The molecule has 0 radical (unpaired) electrons. The molecule has 0 bridgehead atoms. The zero-order valence-corrected chi connectivity index (χ0v) is 27.9. The van der Waals surface area contributed by atoms with Crippen molar-refractivity contribution in [1.82, 2.24) is 0 Å². The summed E-state index contributed by atoms with van der Waals surface area (Å²) in [5.74, 6) is -4.01. The standard InChI is InChI=1S/C39H32O15/c40-23-9-1-20(2-10-23)5-15-30(45)50-19-29-33(47)37(53-31(46)16-6-21-3-11-24(41)12-4-21)35(49)39(52-29)54-38-34(48)32-27(44)17-26(43)18-28(32)51-36(38)22-7-13-25(42)14-8-22/h1-18,29,33,35,37,39-44,47,49H,19H2/b15-5+,16-6-/t29-,33-,35-,37+,39+/m1/s1. The Morgan fingerprint density at radius 1 is 0.704 bits per heavy atom. The lowest BCUT2D eigenvalue weighted by Gasteiger charge is -2.41. The van der Waals surface area contributed by atoms with Gasteiger partial charge in [0.2, 0.25) is 17.5 Å². The predicted molar refractivity (Wildman–Crippen MR) is 189 cm³/mol. The fraction of sp³-hybridized carbons (Fsp3) is 0.154. The molecule has 15 nitrogen and oxygen atoms in total. The molecule has 5 atom stereocenters. The van der Waals surface area contributed by atoms with Crippen molar-refractivity contribution in [3.63, 3.8) is 0 Å². The summed E-state index contributed by atoms with van der Waals surface area (Å²) in [5.41, 5.74) is 0.00793. The van der Waals surface area contributed by atoms with E-state index in [4.69, 9.17) is 23.4 Å². The number of aromatic hydroxyl groups is 5. The van der Waals surface area contributed by atoms with E-state index < -0.39 is 77.3 Å². The molecule has 1 aromatic heterocycles. The second-order valence-corrected chi connectivity index (χ2v) is 12.0. The maximum atomic E-state index is 13.9. The summed E-state index contributed by atoms with van der Waals surface area (Å²) in [6.45, 7) is -0.666. The third-order valence-corrected chi connectivity index (χ3v) is 8.18. The number of carbonyl (C=O) groups excluding carboxylic acids is 2. The first-order valence-corrected chi connectivity index (χ1v) is 16.2. The van der Waals surface area contributed by atoms with Crippen LogP contribution in [0.1, 0.15) is 11.1 Å². The summed E-state index contributed by atoms with van der Waals surface area (Å²) in [6, 6.07) is 19.0. The summed E-state index contributed by atoms with van der Waals surface area (Å²) in [7, 11) is 0. The van der Waals surface area contributed by atoms with Crippen LogP contribution in [0, 0.1) is 0 Å². The first kappa shape index (κ1) is 37.0. The van der Waals surface area contributed by atoms with E-state index in [0.29, 0.717) is 11.1 Å². The number of hydrogen-bond acceptors (Lipinski definition) is 15. The van der Waals surface area contributed by atoms with Gasteiger partial charge in [-0.25, -0.2) is 9.59 Å². The molecular formula is C39H32O15. The second kappa shape index (κ2) is 15.8. The fourth-order valence-electron chi connectivity index (χ4n) is 5.46. The number of rotatable bonds is 10. The molecule has 278 valence electrons. The molecule has 7 N–H and O–H groups in total. The van der Waals surface area contributed by atoms with Crippen LogP contribution in [0.3, 0.4) is 0 Å². The maximum absolute atomic E-state index is 13.9. The number of carbonyl (C=O) groups is 2. The monoisotopic (exact) mass is 740 g/mol. The van der Waals surface area contributed by atoms with Crippen LogP contribution in [0.25, 0.3) is 34.4 Å². The van der Waals surface area contributed by atoms with Crippen molar-refractivity contribution in [2.75, 3.05) is 6.61 Å². The van der Waals surface area contributed by atoms with Crippen LogP contribution in [0.2, 0.25) is 0 Å². The molecule has 6 rings (SSSR count). The topological polar surface area (TPSA) is 243 Å². The summed E-state index contributed by atoms with van der Waals surface area (Å²) >= 11 is 0. The van der Waals surface area contributed by atoms with Gasteiger partial charge in [-0.2, -0.15) is 0 Å². The predicted octanol–water partition coefficient (Wildman–Crippen LogP) is 3.70. The Kier molecular flexibility index (Phi) is 10.8. The number of benzene rings is 4. The molecule has 1 fully saturated rings. The molecule has 0 saturated carbocycles. The average Bonchev–Trinajstić information content (AvgIpc) is 3.14. The molecule has 1 aliphatic rings. The van der Waals surface area contributed by atoms with Crippen molar-refractivity contribution in [2.24, 2.45) is 0 Å². The van der Waals surface area contributed by atoms with E-state index in [0.717, 1.165) is 24.3 Å². The van der Waals surface area contributed by atoms with Crippen LogP contribution in [-0.4, -0.2) is 85.0 Å². The number of aliphatic hydroxyl groups is 2. The van der Waals surface area contributed by atoms with E-state index in [2.05, 4.69) is 0 Å². The largest absolute Gasteiger partial charge is 0.508 e. The van der Waals surface area contributed by atoms with Crippen LogP contribution >= 0.6 is 0 Å². The number of hydrogen-bond donors (Lipinski definition) is 7. The minimum atomic E-state index is -2.00. The van der Waals surface area contributed by atoms with Crippen molar-refractivity contribution in [3.05, 3.63) is 118 Å². The molecule has 4 aromatic carbocycles. The first-order chi connectivity index (χ1) is 25.9. The van der Waals surface area contributed by atoms with Crippen molar-refractivity contribution in [3.8, 4) is 45.8 Å². The Labute approximate surface area is 305 Å². The third-order valence-electron chi connectivity index (χ3n) is 8.18. The summed E-state index contributed by atoms with van der Waals surface area (Å²) in [5, 5.41) is 71.7. The van der Waals surface area contributed by atoms with Crippen LogP contribution in [0.15, 0.2) is 106 Å². The Bertz CT molecular complexity index is 2260. The number of phenols is 5. The molecule has 1 saturated heterocycles. The van der Waals surface area contributed by atoms with Gasteiger partial charge in [0.1, 0.15) is 58.5 Å². The van der Waals surface area contributed by atoms with Crippen molar-refractivity contribution in [2.45, 2.75) is 30.7 Å². The van der Waals surface area contributed by atoms with Crippen molar-refractivity contribution >= 4 is 35.1 Å². The molecule has 0 unspecified atom stereocenters. The number of ether oxygens (including phenoxy) is 4. The molecule has 54 heavy (non-hydrogen) atoms. The van der Waals surface area contributed by atoms with Crippen LogP contribution in [0.4, 0.5) is 0 Å². The molecule has 0 amide bonds. The summed E-state index contributed by atoms with van der Waals surface area (Å²) < 4.78 is 28.3. The van der Waals surface area contributed by atoms with Crippen LogP contribution in [-0.2, 0) is 23.8 Å². The lowest BCUT2D eigenvalue weighted by atomic mass is 9.98. The van der Waals surface area contributed by atoms with Gasteiger partial charge in [-0.1, -0.05) is 24.3 Å². The summed E-state index contributed by atoms with van der Waals surface area (Å²) in [4.78, 5) is 39.5. The van der Waals surface area contributed by atoms with Gasteiger partial charge >= 0.3 is 11.9 Å². The molecule has 2 heterocycles.